The van der Waals surface area contributed by atoms with Gasteiger partial charge in [0, 0.05) is 53.4 Å². The molecule has 0 aromatic heterocycles. The van der Waals surface area contributed by atoms with Crippen LogP contribution in [0, 0.1) is 5.82 Å². The molecular weight excluding hydrogens is 505 g/mol. The van der Waals surface area contributed by atoms with Crippen LogP contribution in [0.15, 0.2) is 95.3 Å². The monoisotopic (exact) mass is 537 g/mol. The van der Waals surface area contributed by atoms with Gasteiger partial charge in [0.05, 0.1) is 7.11 Å². The van der Waals surface area contributed by atoms with Crippen LogP contribution in [0.4, 0.5) is 4.39 Å². The summed E-state index contributed by atoms with van der Waals surface area (Å²) in [6.07, 6.45) is 4.17. The average molecular weight is 538 g/mol. The number of hydrogen-bond donors (Lipinski definition) is 0. The van der Waals surface area contributed by atoms with Gasteiger partial charge >= 0.3 is 0 Å². The molecule has 0 saturated heterocycles. The van der Waals surface area contributed by atoms with Crippen LogP contribution in [-0.2, 0) is 22.7 Å². The first-order chi connectivity index (χ1) is 19.5. The number of carbonyl (C=O) groups excluding carboxylic acids is 2. The molecule has 0 N–H and O–H groups in total. The van der Waals surface area contributed by atoms with E-state index >= 15 is 0 Å². The highest BCUT2D eigenvalue weighted by Gasteiger charge is 2.43. The van der Waals surface area contributed by atoms with Gasteiger partial charge in [0.25, 0.3) is 0 Å². The lowest BCUT2D eigenvalue weighted by Crippen LogP contribution is -2.38. The number of benzene rings is 3. The SMILES string of the molecule is COc1cc(C2C3=C(CCCC3=O)N(Cc3ccccc3)C3=C2C(=O)CCC3)ccc1OCc1ccccc1F. The maximum absolute atomic E-state index is 14.2. The van der Waals surface area contributed by atoms with Crippen molar-refractivity contribution in [2.75, 3.05) is 7.11 Å². The standard InChI is InChI=1S/C34H32FNO4/c1-39-31-19-23(17-18-30(31)40-21-24-11-5-6-12-25(24)35)32-33-26(13-7-15-28(33)37)36(20-22-9-3-2-4-10-22)27-14-8-16-29(38)34(27)32/h2-6,9-12,17-19,32H,7-8,13-16,20-21H2,1H3. The van der Waals surface area contributed by atoms with Crippen LogP contribution < -0.4 is 9.47 Å². The predicted molar refractivity (Wildman–Crippen MR) is 150 cm³/mol. The Kier molecular flexibility index (Phi) is 7.25. The molecule has 3 aromatic rings. The Morgan fingerprint density at radius 1 is 0.800 bits per heavy atom. The summed E-state index contributed by atoms with van der Waals surface area (Å²) in [5.74, 6) is 0.403. The molecule has 6 rings (SSSR count). The smallest absolute Gasteiger partial charge is 0.161 e. The maximum atomic E-state index is 14.2. The van der Waals surface area contributed by atoms with Crippen LogP contribution in [0.5, 0.6) is 11.5 Å². The number of ketones is 2. The topological polar surface area (TPSA) is 55.8 Å². The quantitative estimate of drug-likeness (QED) is 0.324. The van der Waals surface area contributed by atoms with E-state index in [2.05, 4.69) is 17.0 Å². The minimum Gasteiger partial charge on any atom is -0.493 e. The van der Waals surface area contributed by atoms with Crippen LogP contribution in [0.3, 0.4) is 0 Å². The third-order valence-corrected chi connectivity index (χ3v) is 8.13. The molecule has 5 nitrogen and oxygen atoms in total. The van der Waals surface area contributed by atoms with E-state index < -0.39 is 5.92 Å². The van der Waals surface area contributed by atoms with Gasteiger partial charge in [-0.05, 0) is 55.0 Å². The summed E-state index contributed by atoms with van der Waals surface area (Å²) >= 11 is 0. The summed E-state index contributed by atoms with van der Waals surface area (Å²) in [6.45, 7) is 0.694. The number of methoxy groups -OCH3 is 1. The Labute approximate surface area is 233 Å². The Bertz CT molecular complexity index is 1480. The highest BCUT2D eigenvalue weighted by atomic mass is 19.1. The zero-order valence-corrected chi connectivity index (χ0v) is 22.6. The highest BCUT2D eigenvalue weighted by molar-refractivity contribution is 6.06. The fourth-order valence-electron chi connectivity index (χ4n) is 6.26. The number of hydrogen-bond acceptors (Lipinski definition) is 5. The minimum atomic E-state index is -0.438. The molecule has 0 spiro atoms. The average Bonchev–Trinajstić information content (AvgIpc) is 2.98. The molecule has 3 aliphatic rings. The van der Waals surface area contributed by atoms with E-state index in [4.69, 9.17) is 9.47 Å². The lowest BCUT2D eigenvalue weighted by molar-refractivity contribution is -0.117. The van der Waals surface area contributed by atoms with Gasteiger partial charge in [-0.25, -0.2) is 4.39 Å². The first-order valence-corrected chi connectivity index (χ1v) is 13.9. The highest BCUT2D eigenvalue weighted by Crippen LogP contribution is 2.50. The number of allylic oxidation sites excluding steroid dienone is 4. The third-order valence-electron chi connectivity index (χ3n) is 8.13. The summed E-state index contributed by atoms with van der Waals surface area (Å²) in [4.78, 5) is 29.4. The summed E-state index contributed by atoms with van der Waals surface area (Å²) in [7, 11) is 1.56. The second-order valence-corrected chi connectivity index (χ2v) is 10.6. The van der Waals surface area contributed by atoms with Crippen molar-refractivity contribution in [3.8, 4) is 11.5 Å². The van der Waals surface area contributed by atoms with Crippen molar-refractivity contribution in [1.82, 2.24) is 4.90 Å². The van der Waals surface area contributed by atoms with Crippen LogP contribution >= 0.6 is 0 Å². The van der Waals surface area contributed by atoms with Crippen LogP contribution in [0.1, 0.15) is 61.1 Å². The first kappa shape index (κ1) is 26.1. The van der Waals surface area contributed by atoms with E-state index in [0.717, 1.165) is 59.4 Å². The van der Waals surface area contributed by atoms with E-state index in [9.17, 15) is 14.0 Å². The molecule has 0 amide bonds. The molecule has 2 aliphatic carbocycles. The van der Waals surface area contributed by atoms with Gasteiger partial charge < -0.3 is 14.4 Å². The van der Waals surface area contributed by atoms with Crippen molar-refractivity contribution in [2.45, 2.75) is 57.6 Å². The van der Waals surface area contributed by atoms with Crippen molar-refractivity contribution in [3.05, 3.63) is 118 Å². The van der Waals surface area contributed by atoms with Gasteiger partial charge in [-0.2, -0.15) is 0 Å². The summed E-state index contributed by atoms with van der Waals surface area (Å²) in [5, 5.41) is 0. The van der Waals surface area contributed by atoms with Crippen molar-refractivity contribution in [3.63, 3.8) is 0 Å². The molecule has 0 bridgehead atoms. The van der Waals surface area contributed by atoms with Gasteiger partial charge in [-0.1, -0.05) is 54.6 Å². The van der Waals surface area contributed by atoms with Gasteiger partial charge in [-0.15, -0.1) is 0 Å². The first-order valence-electron chi connectivity index (χ1n) is 13.9. The van der Waals surface area contributed by atoms with Crippen LogP contribution in [-0.4, -0.2) is 23.6 Å². The minimum absolute atomic E-state index is 0.0574. The molecule has 0 unspecified atom stereocenters. The molecule has 3 aromatic carbocycles. The van der Waals surface area contributed by atoms with E-state index in [1.807, 2.05) is 30.3 Å². The molecule has 0 radical (unpaired) electrons. The van der Waals surface area contributed by atoms with E-state index in [1.54, 1.807) is 31.4 Å². The summed E-state index contributed by atoms with van der Waals surface area (Å²) < 4.78 is 25.8. The molecule has 40 heavy (non-hydrogen) atoms. The zero-order valence-electron chi connectivity index (χ0n) is 22.6. The molecule has 1 aliphatic heterocycles. The molecule has 0 atom stereocenters. The van der Waals surface area contributed by atoms with Gasteiger partial charge in [0.15, 0.2) is 23.1 Å². The van der Waals surface area contributed by atoms with Crippen molar-refractivity contribution in [1.29, 1.82) is 0 Å². The van der Waals surface area contributed by atoms with Crippen molar-refractivity contribution >= 4 is 11.6 Å². The molecule has 0 saturated carbocycles. The second kappa shape index (κ2) is 11.1. The largest absolute Gasteiger partial charge is 0.493 e. The molecule has 1 heterocycles. The lowest BCUT2D eigenvalue weighted by Gasteiger charge is -2.44. The number of rotatable bonds is 7. The van der Waals surface area contributed by atoms with E-state index in [-0.39, 0.29) is 24.0 Å². The molecule has 0 fully saturated rings. The van der Waals surface area contributed by atoms with Crippen LogP contribution in [0.2, 0.25) is 0 Å². The van der Waals surface area contributed by atoms with Crippen LogP contribution in [0.25, 0.3) is 0 Å². The number of halogens is 1. The van der Waals surface area contributed by atoms with Gasteiger partial charge in [-0.3, -0.25) is 9.59 Å². The Morgan fingerprint density at radius 3 is 2.10 bits per heavy atom. The Hall–Kier alpha value is -4.19. The van der Waals surface area contributed by atoms with Gasteiger partial charge in [0.1, 0.15) is 12.4 Å². The van der Waals surface area contributed by atoms with E-state index in [1.165, 1.54) is 6.07 Å². The second-order valence-electron chi connectivity index (χ2n) is 10.6. The summed E-state index contributed by atoms with van der Waals surface area (Å²) in [6, 6.07) is 22.3. The normalized spacial score (nSPS) is 17.6. The molecule has 204 valence electrons. The van der Waals surface area contributed by atoms with Crippen molar-refractivity contribution < 1.29 is 23.5 Å². The number of ether oxygens (including phenoxy) is 2. The predicted octanol–water partition coefficient (Wildman–Crippen LogP) is 7.03. The van der Waals surface area contributed by atoms with Crippen molar-refractivity contribution in [2.24, 2.45) is 0 Å². The third kappa shape index (κ3) is 4.83. The number of Topliss-reactive ketones (excluding diaryl/α,β-unsaturated/α-hetero) is 2. The fourth-order valence-corrected chi connectivity index (χ4v) is 6.26. The number of carbonyl (C=O) groups is 2. The fraction of sp³-hybridized carbons (Fsp3) is 0.294. The molecule has 6 heteroatoms. The van der Waals surface area contributed by atoms with E-state index in [0.29, 0.717) is 36.4 Å². The zero-order chi connectivity index (χ0) is 27.6. The Balaban J connectivity index is 1.42. The lowest BCUT2D eigenvalue weighted by atomic mass is 9.71. The summed E-state index contributed by atoms with van der Waals surface area (Å²) in [5.41, 5.74) is 5.98. The maximum Gasteiger partial charge on any atom is 0.161 e. The number of nitrogens with zero attached hydrogens (tertiary/aromatic N) is 1. The Morgan fingerprint density at radius 2 is 1.45 bits per heavy atom. The molecular formula is C34H32FNO4. The van der Waals surface area contributed by atoms with Gasteiger partial charge in [0.2, 0.25) is 0 Å².